The van der Waals surface area contributed by atoms with Crippen molar-refractivity contribution in [2.75, 3.05) is 5.75 Å². The summed E-state index contributed by atoms with van der Waals surface area (Å²) in [7, 11) is 0. The van der Waals surface area contributed by atoms with Crippen LogP contribution in [0.15, 0.2) is 47.9 Å². The van der Waals surface area contributed by atoms with E-state index < -0.39 is 0 Å². The summed E-state index contributed by atoms with van der Waals surface area (Å²) in [5.74, 6) is 1.82. The number of thioether (sulfide) groups is 1. The molecule has 0 aliphatic rings. The predicted molar refractivity (Wildman–Crippen MR) is 86.3 cm³/mol. The number of halogens is 1. The minimum absolute atomic E-state index is 0.698. The Balaban J connectivity index is 1.69. The van der Waals surface area contributed by atoms with Crippen LogP contribution in [0.4, 0.5) is 0 Å². The minimum Gasteiger partial charge on any atom is -0.367 e. The van der Waals surface area contributed by atoms with Crippen molar-refractivity contribution in [2.45, 2.75) is 18.5 Å². The number of aromatic nitrogens is 4. The van der Waals surface area contributed by atoms with Gasteiger partial charge in [0.2, 0.25) is 5.16 Å². The maximum absolute atomic E-state index is 6.02. The highest BCUT2D eigenvalue weighted by molar-refractivity contribution is 7.99. The third-order valence-corrected chi connectivity index (χ3v) is 4.16. The number of nitrogens with one attached hydrogen (secondary N) is 1. The molecule has 0 aliphatic heterocycles. The molecule has 1 N–H and O–H groups in total. The average Bonchev–Trinajstić information content (AvgIpc) is 3.09. The smallest absolute Gasteiger partial charge is 0.209 e. The van der Waals surface area contributed by atoms with Crippen LogP contribution >= 0.6 is 23.4 Å². The van der Waals surface area contributed by atoms with Gasteiger partial charge in [-0.05, 0) is 43.2 Å². The largest absolute Gasteiger partial charge is 0.367 e. The molecule has 0 aliphatic carbocycles. The van der Waals surface area contributed by atoms with Crippen molar-refractivity contribution in [3.8, 4) is 5.69 Å². The summed E-state index contributed by atoms with van der Waals surface area (Å²) >= 11 is 7.69. The first-order chi connectivity index (χ1) is 10.2. The standard InChI is InChI=1S/C15H15ClN4S/c1-11-18-15(21-8-6-12-5-7-17-10-12)19-20(11)14-4-2-3-13(16)9-14/h2-5,7,9-10,17H,6,8H2,1H3. The normalized spacial score (nSPS) is 11.0. The monoisotopic (exact) mass is 318 g/mol. The zero-order valence-corrected chi connectivity index (χ0v) is 13.2. The highest BCUT2D eigenvalue weighted by atomic mass is 35.5. The van der Waals surface area contributed by atoms with Crippen LogP contribution in [0.3, 0.4) is 0 Å². The fraction of sp³-hybridized carbons (Fsp3) is 0.200. The number of aryl methyl sites for hydroxylation is 2. The molecule has 0 saturated carbocycles. The van der Waals surface area contributed by atoms with E-state index in [9.17, 15) is 0 Å². The maximum atomic E-state index is 6.02. The van der Waals surface area contributed by atoms with E-state index >= 15 is 0 Å². The van der Waals surface area contributed by atoms with E-state index in [2.05, 4.69) is 21.1 Å². The molecular formula is C15H15ClN4S. The zero-order chi connectivity index (χ0) is 14.7. The Morgan fingerprint density at radius 3 is 3.00 bits per heavy atom. The molecule has 0 radical (unpaired) electrons. The van der Waals surface area contributed by atoms with Crippen LogP contribution in [-0.2, 0) is 6.42 Å². The molecule has 0 amide bonds. The van der Waals surface area contributed by atoms with Crippen LogP contribution in [0.2, 0.25) is 5.02 Å². The Bertz CT molecular complexity index is 721. The number of rotatable bonds is 5. The minimum atomic E-state index is 0.698. The molecule has 3 rings (SSSR count). The first kappa shape index (κ1) is 14.2. The molecule has 2 aromatic heterocycles. The number of aromatic amines is 1. The Morgan fingerprint density at radius 1 is 1.33 bits per heavy atom. The number of benzene rings is 1. The van der Waals surface area contributed by atoms with Gasteiger partial charge in [-0.3, -0.25) is 0 Å². The van der Waals surface area contributed by atoms with Crippen molar-refractivity contribution in [2.24, 2.45) is 0 Å². The Morgan fingerprint density at radius 2 is 2.24 bits per heavy atom. The summed E-state index contributed by atoms with van der Waals surface area (Å²) in [5.41, 5.74) is 2.23. The molecule has 0 unspecified atom stereocenters. The summed E-state index contributed by atoms with van der Waals surface area (Å²) in [6.45, 7) is 1.95. The molecule has 0 bridgehead atoms. The van der Waals surface area contributed by atoms with Gasteiger partial charge in [0.05, 0.1) is 5.69 Å². The van der Waals surface area contributed by atoms with E-state index in [-0.39, 0.29) is 0 Å². The van der Waals surface area contributed by atoms with Crippen molar-refractivity contribution in [1.82, 2.24) is 19.7 Å². The van der Waals surface area contributed by atoms with Crippen LogP contribution in [0.5, 0.6) is 0 Å². The summed E-state index contributed by atoms with van der Waals surface area (Å²) in [5, 5.41) is 6.03. The van der Waals surface area contributed by atoms with Gasteiger partial charge in [0.1, 0.15) is 5.82 Å². The molecule has 3 aromatic rings. The molecule has 4 nitrogen and oxygen atoms in total. The Labute approximate surface area is 132 Å². The molecular weight excluding hydrogens is 304 g/mol. The van der Waals surface area contributed by atoms with E-state index in [1.165, 1.54) is 5.56 Å². The number of hydrogen-bond acceptors (Lipinski definition) is 3. The lowest BCUT2D eigenvalue weighted by Gasteiger charge is -2.02. The lowest BCUT2D eigenvalue weighted by atomic mass is 10.3. The number of H-pyrrole nitrogens is 1. The number of nitrogens with zero attached hydrogens (tertiary/aromatic N) is 3. The van der Waals surface area contributed by atoms with E-state index in [1.54, 1.807) is 11.8 Å². The second-order valence-electron chi connectivity index (χ2n) is 4.65. The van der Waals surface area contributed by atoms with Crippen LogP contribution in [0.25, 0.3) is 5.69 Å². The predicted octanol–water partition coefficient (Wildman–Crippen LogP) is 3.89. The van der Waals surface area contributed by atoms with Gasteiger partial charge < -0.3 is 4.98 Å². The van der Waals surface area contributed by atoms with Crippen LogP contribution in [-0.4, -0.2) is 25.5 Å². The average molecular weight is 319 g/mol. The zero-order valence-electron chi connectivity index (χ0n) is 11.6. The second-order valence-corrected chi connectivity index (χ2v) is 6.15. The summed E-state index contributed by atoms with van der Waals surface area (Å²) in [6, 6.07) is 9.71. The van der Waals surface area contributed by atoms with E-state index in [1.807, 2.05) is 48.3 Å². The summed E-state index contributed by atoms with van der Waals surface area (Å²) in [6.07, 6.45) is 4.96. The number of hydrogen-bond donors (Lipinski definition) is 1. The van der Waals surface area contributed by atoms with Crippen molar-refractivity contribution in [1.29, 1.82) is 0 Å². The van der Waals surface area contributed by atoms with Gasteiger partial charge in [0.15, 0.2) is 0 Å². The SMILES string of the molecule is Cc1nc(SCCc2cc[nH]c2)nn1-c1cccc(Cl)c1. The first-order valence-electron chi connectivity index (χ1n) is 6.66. The Kier molecular flexibility index (Phi) is 4.31. The fourth-order valence-electron chi connectivity index (χ4n) is 2.05. The molecule has 0 saturated heterocycles. The molecule has 2 heterocycles. The van der Waals surface area contributed by atoms with Crippen molar-refractivity contribution < 1.29 is 0 Å². The van der Waals surface area contributed by atoms with Crippen molar-refractivity contribution in [3.63, 3.8) is 0 Å². The second kappa shape index (κ2) is 6.37. The fourth-order valence-corrected chi connectivity index (χ4v) is 3.09. The van der Waals surface area contributed by atoms with Crippen molar-refractivity contribution in [3.05, 3.63) is 59.1 Å². The van der Waals surface area contributed by atoms with E-state index in [4.69, 9.17) is 11.6 Å². The molecule has 1 aromatic carbocycles. The van der Waals surface area contributed by atoms with Gasteiger partial charge in [-0.2, -0.15) is 0 Å². The summed E-state index contributed by atoms with van der Waals surface area (Å²) in [4.78, 5) is 7.56. The van der Waals surface area contributed by atoms with Crippen LogP contribution in [0.1, 0.15) is 11.4 Å². The molecule has 0 fully saturated rings. The molecule has 108 valence electrons. The van der Waals surface area contributed by atoms with Gasteiger partial charge in [-0.1, -0.05) is 29.4 Å². The van der Waals surface area contributed by atoms with Gasteiger partial charge in [-0.15, -0.1) is 5.10 Å². The molecule has 21 heavy (non-hydrogen) atoms. The van der Waals surface area contributed by atoms with Gasteiger partial charge in [-0.25, -0.2) is 9.67 Å². The summed E-state index contributed by atoms with van der Waals surface area (Å²) < 4.78 is 1.82. The highest BCUT2D eigenvalue weighted by Gasteiger charge is 2.09. The third-order valence-electron chi connectivity index (χ3n) is 3.09. The highest BCUT2D eigenvalue weighted by Crippen LogP contribution is 2.20. The lowest BCUT2D eigenvalue weighted by molar-refractivity contribution is 0.813. The lowest BCUT2D eigenvalue weighted by Crippen LogP contribution is -1.98. The third kappa shape index (κ3) is 3.49. The van der Waals surface area contributed by atoms with Gasteiger partial charge in [0, 0.05) is 23.2 Å². The van der Waals surface area contributed by atoms with Gasteiger partial charge >= 0.3 is 0 Å². The van der Waals surface area contributed by atoms with Crippen molar-refractivity contribution >= 4 is 23.4 Å². The van der Waals surface area contributed by atoms with Crippen LogP contribution < -0.4 is 0 Å². The quantitative estimate of drug-likeness (QED) is 0.726. The van der Waals surface area contributed by atoms with Gasteiger partial charge in [0.25, 0.3) is 0 Å². The topological polar surface area (TPSA) is 46.5 Å². The van der Waals surface area contributed by atoms with E-state index in [0.29, 0.717) is 5.02 Å². The molecule has 0 spiro atoms. The maximum Gasteiger partial charge on any atom is 0.209 e. The van der Waals surface area contributed by atoms with E-state index in [0.717, 1.165) is 28.8 Å². The Hall–Kier alpha value is -1.72. The first-order valence-corrected chi connectivity index (χ1v) is 8.03. The molecule has 0 atom stereocenters. The molecule has 6 heteroatoms. The van der Waals surface area contributed by atoms with Crippen LogP contribution in [0, 0.1) is 6.92 Å².